The van der Waals surface area contributed by atoms with Gasteiger partial charge < -0.3 is 19.3 Å². The number of imide groups is 1. The minimum absolute atomic E-state index is 0.164. The molecule has 0 saturated carbocycles. The maximum absolute atomic E-state index is 12.7. The second-order valence-electron chi connectivity index (χ2n) is 8.41. The van der Waals surface area contributed by atoms with Crippen LogP contribution in [0.25, 0.3) is 0 Å². The zero-order valence-corrected chi connectivity index (χ0v) is 17.5. The Bertz CT molecular complexity index is 657. The summed E-state index contributed by atoms with van der Waals surface area (Å²) in [4.78, 5) is 37.9. The van der Waals surface area contributed by atoms with E-state index in [0.717, 1.165) is 51.8 Å². The summed E-state index contributed by atoms with van der Waals surface area (Å²) in [6.07, 6.45) is -0.137. The molecule has 4 aliphatic rings. The number of amides is 3. The number of carbonyl (C=O) groups is 2. The first-order chi connectivity index (χ1) is 13.9. The average molecular weight is 409 g/mol. The first-order valence-corrected chi connectivity index (χ1v) is 10.5. The zero-order valence-electron chi connectivity index (χ0n) is 17.5. The van der Waals surface area contributed by atoms with Crippen molar-refractivity contribution < 1.29 is 19.1 Å². The number of nitrogens with one attached hydrogen (secondary N) is 1. The highest BCUT2D eigenvalue weighted by molar-refractivity contribution is 6.04. The molecule has 4 aliphatic heterocycles. The Hall–Kier alpha value is -1.75. The van der Waals surface area contributed by atoms with Crippen LogP contribution in [-0.4, -0.2) is 128 Å². The minimum Gasteiger partial charge on any atom is -0.379 e. The topological polar surface area (TPSA) is 90.0 Å². The minimum atomic E-state index is -0.468. The highest BCUT2D eigenvalue weighted by Gasteiger charge is 2.48. The van der Waals surface area contributed by atoms with Crippen molar-refractivity contribution in [2.75, 3.05) is 66.1 Å². The molecule has 10 nitrogen and oxygen atoms in total. The van der Waals surface area contributed by atoms with Gasteiger partial charge in [-0.25, -0.2) is 9.79 Å². The maximum Gasteiger partial charge on any atom is 0.325 e. The van der Waals surface area contributed by atoms with Gasteiger partial charge in [-0.15, -0.1) is 0 Å². The molecule has 3 saturated heterocycles. The van der Waals surface area contributed by atoms with Crippen molar-refractivity contribution >= 4 is 17.8 Å². The first-order valence-electron chi connectivity index (χ1n) is 10.5. The summed E-state index contributed by atoms with van der Waals surface area (Å²) in [7, 11) is 1.70. The van der Waals surface area contributed by atoms with Gasteiger partial charge in [0, 0.05) is 46.3 Å². The number of hydrogen-bond donors (Lipinski definition) is 1. The number of urea groups is 1. The van der Waals surface area contributed by atoms with Crippen molar-refractivity contribution in [1.82, 2.24) is 24.9 Å². The van der Waals surface area contributed by atoms with E-state index in [1.165, 1.54) is 4.90 Å². The van der Waals surface area contributed by atoms with Crippen molar-refractivity contribution in [3.8, 4) is 0 Å². The highest BCUT2D eigenvalue weighted by Crippen LogP contribution is 2.25. The molecule has 0 bridgehead atoms. The molecule has 0 aromatic heterocycles. The molecule has 4 unspecified atom stereocenters. The van der Waals surface area contributed by atoms with Crippen molar-refractivity contribution in [3.63, 3.8) is 0 Å². The Morgan fingerprint density at radius 3 is 2.45 bits per heavy atom. The second-order valence-corrected chi connectivity index (χ2v) is 8.41. The van der Waals surface area contributed by atoms with E-state index in [9.17, 15) is 9.59 Å². The first kappa shape index (κ1) is 20.5. The van der Waals surface area contributed by atoms with Gasteiger partial charge in [0.05, 0.1) is 32.0 Å². The van der Waals surface area contributed by atoms with Crippen molar-refractivity contribution in [1.29, 1.82) is 0 Å². The molecule has 29 heavy (non-hydrogen) atoms. The standard InChI is InChI=1S/C19H32N6O4/c1-13-10-24(11-14(2)29-13)12-15-20-17-16(18(26)21-19(27)22(17)3)25(15)5-4-23-6-8-28-9-7-23/h13-14,16-17H,4-12H2,1-3H3,(H,21,26,27). The van der Waals surface area contributed by atoms with Gasteiger partial charge in [-0.1, -0.05) is 0 Å². The van der Waals surface area contributed by atoms with Crippen LogP contribution >= 0.6 is 0 Å². The summed E-state index contributed by atoms with van der Waals surface area (Å²) < 4.78 is 11.3. The molecule has 10 heteroatoms. The number of rotatable bonds is 5. The number of morpholine rings is 2. The van der Waals surface area contributed by atoms with Crippen LogP contribution in [0, 0.1) is 0 Å². The molecular weight excluding hydrogens is 376 g/mol. The molecule has 162 valence electrons. The molecule has 4 heterocycles. The molecule has 0 radical (unpaired) electrons. The van der Waals surface area contributed by atoms with Gasteiger partial charge in [0.25, 0.3) is 5.91 Å². The third-order valence-corrected chi connectivity index (χ3v) is 6.07. The van der Waals surface area contributed by atoms with Crippen molar-refractivity contribution in [3.05, 3.63) is 0 Å². The lowest BCUT2D eigenvalue weighted by atomic mass is 10.1. The fourth-order valence-electron chi connectivity index (χ4n) is 4.67. The predicted octanol–water partition coefficient (Wildman–Crippen LogP) is -0.982. The van der Waals surface area contributed by atoms with Gasteiger partial charge in [0.2, 0.25) is 0 Å². The van der Waals surface area contributed by atoms with Crippen LogP contribution in [0.1, 0.15) is 13.8 Å². The van der Waals surface area contributed by atoms with Gasteiger partial charge >= 0.3 is 6.03 Å². The summed E-state index contributed by atoms with van der Waals surface area (Å²) in [6.45, 7) is 11.3. The molecule has 0 aliphatic carbocycles. The molecule has 3 amide bonds. The van der Waals surface area contributed by atoms with Crippen LogP contribution in [0.2, 0.25) is 0 Å². The van der Waals surface area contributed by atoms with Crippen molar-refractivity contribution in [2.24, 2.45) is 4.99 Å². The average Bonchev–Trinajstić information content (AvgIpc) is 3.03. The van der Waals surface area contributed by atoms with Gasteiger partial charge in [-0.2, -0.15) is 0 Å². The predicted molar refractivity (Wildman–Crippen MR) is 107 cm³/mol. The molecule has 4 rings (SSSR count). The van der Waals surface area contributed by atoms with Crippen LogP contribution in [0.3, 0.4) is 0 Å². The fraction of sp³-hybridized carbons (Fsp3) is 0.842. The largest absolute Gasteiger partial charge is 0.379 e. The molecular formula is C19H32N6O4. The van der Waals surface area contributed by atoms with Crippen LogP contribution in [-0.2, 0) is 14.3 Å². The van der Waals surface area contributed by atoms with E-state index in [1.807, 2.05) is 0 Å². The SMILES string of the molecule is CC1CN(CC2=NC3C(C(=O)NC(=O)N3C)N2CCN2CCOCC2)CC(C)O1. The zero-order chi connectivity index (χ0) is 20.5. The number of aliphatic imine (C=N–C) groups is 1. The number of amidine groups is 1. The van der Waals surface area contributed by atoms with Crippen LogP contribution < -0.4 is 5.32 Å². The fourth-order valence-corrected chi connectivity index (χ4v) is 4.67. The Morgan fingerprint density at radius 1 is 1.07 bits per heavy atom. The van der Waals surface area contributed by atoms with E-state index in [0.29, 0.717) is 13.1 Å². The Labute approximate surface area is 171 Å². The normalized spacial score (nSPS) is 34.2. The number of ether oxygens (including phenoxy) is 2. The van der Waals surface area contributed by atoms with Gasteiger partial charge in [0.1, 0.15) is 5.84 Å². The summed E-state index contributed by atoms with van der Waals surface area (Å²) in [5.74, 6) is 0.619. The third-order valence-electron chi connectivity index (χ3n) is 6.07. The van der Waals surface area contributed by atoms with E-state index >= 15 is 0 Å². The lowest BCUT2D eigenvalue weighted by molar-refractivity contribution is -0.127. The molecule has 0 aromatic rings. The molecule has 0 aromatic carbocycles. The third kappa shape index (κ3) is 4.40. The van der Waals surface area contributed by atoms with Crippen molar-refractivity contribution in [2.45, 2.75) is 38.3 Å². The van der Waals surface area contributed by atoms with E-state index in [2.05, 4.69) is 33.9 Å². The lowest BCUT2D eigenvalue weighted by Gasteiger charge is -2.39. The molecule has 0 spiro atoms. The van der Waals surface area contributed by atoms with Gasteiger partial charge in [0.15, 0.2) is 12.2 Å². The molecule has 4 atom stereocenters. The lowest BCUT2D eigenvalue weighted by Crippen LogP contribution is -2.64. The number of hydrogen-bond acceptors (Lipinski definition) is 8. The number of likely N-dealkylation sites (N-methyl/N-ethyl adjacent to an activating group) is 1. The van der Waals surface area contributed by atoms with E-state index in [4.69, 9.17) is 14.5 Å². The van der Waals surface area contributed by atoms with E-state index in [-0.39, 0.29) is 24.1 Å². The number of carbonyl (C=O) groups excluding carboxylic acids is 2. The van der Waals surface area contributed by atoms with Gasteiger partial charge in [-0.05, 0) is 13.8 Å². The summed E-state index contributed by atoms with van der Waals surface area (Å²) >= 11 is 0. The Balaban J connectivity index is 1.50. The number of nitrogens with zero attached hydrogens (tertiary/aromatic N) is 5. The van der Waals surface area contributed by atoms with Crippen LogP contribution in [0.5, 0.6) is 0 Å². The Morgan fingerprint density at radius 2 is 1.76 bits per heavy atom. The second kappa shape index (κ2) is 8.55. The quantitative estimate of drug-likeness (QED) is 0.625. The summed E-state index contributed by atoms with van der Waals surface area (Å²) in [6, 6.07) is -0.854. The summed E-state index contributed by atoms with van der Waals surface area (Å²) in [5.41, 5.74) is 0. The molecule has 1 N–H and O–H groups in total. The smallest absolute Gasteiger partial charge is 0.325 e. The number of fused-ring (bicyclic) bond motifs is 1. The molecule has 3 fully saturated rings. The maximum atomic E-state index is 12.7. The highest BCUT2D eigenvalue weighted by atomic mass is 16.5. The van der Waals surface area contributed by atoms with E-state index < -0.39 is 12.2 Å². The van der Waals surface area contributed by atoms with Crippen LogP contribution in [0.15, 0.2) is 4.99 Å². The van der Waals surface area contributed by atoms with Crippen LogP contribution in [0.4, 0.5) is 4.79 Å². The monoisotopic (exact) mass is 408 g/mol. The van der Waals surface area contributed by atoms with Gasteiger partial charge in [-0.3, -0.25) is 19.9 Å². The Kier molecular flexibility index (Phi) is 6.05. The van der Waals surface area contributed by atoms with E-state index in [1.54, 1.807) is 7.05 Å². The summed E-state index contributed by atoms with van der Waals surface area (Å²) in [5, 5.41) is 2.47.